The van der Waals surface area contributed by atoms with Crippen LogP contribution in [-0.4, -0.2) is 22.1 Å². The predicted octanol–water partition coefficient (Wildman–Crippen LogP) is 5.44. The second kappa shape index (κ2) is 10.1. The zero-order valence-corrected chi connectivity index (χ0v) is 18.7. The number of carbonyl (C=O) groups is 1. The number of fused-ring (bicyclic) bond motifs is 1. The first kappa shape index (κ1) is 21.6. The molecule has 5 nitrogen and oxygen atoms in total. The van der Waals surface area contributed by atoms with Crippen molar-refractivity contribution in [2.45, 2.75) is 39.8 Å². The lowest BCUT2D eigenvalue weighted by Gasteiger charge is -2.12. The van der Waals surface area contributed by atoms with Gasteiger partial charge in [-0.25, -0.2) is 4.98 Å². The fraction of sp³-hybridized carbons (Fsp3) is 0.259. The average molecular weight is 428 g/mol. The minimum Gasteiger partial charge on any atom is -0.493 e. The second-order valence-electron chi connectivity index (χ2n) is 7.97. The molecule has 32 heavy (non-hydrogen) atoms. The zero-order valence-electron chi connectivity index (χ0n) is 18.7. The fourth-order valence-corrected chi connectivity index (χ4v) is 3.80. The molecule has 1 heterocycles. The van der Waals surface area contributed by atoms with Gasteiger partial charge in [-0.3, -0.25) is 4.79 Å². The summed E-state index contributed by atoms with van der Waals surface area (Å²) in [6.07, 6.45) is 1.90. The third-order valence-electron chi connectivity index (χ3n) is 5.77. The highest BCUT2D eigenvalue weighted by atomic mass is 16.5. The summed E-state index contributed by atoms with van der Waals surface area (Å²) in [5.74, 6) is 1.74. The predicted molar refractivity (Wildman–Crippen MR) is 128 cm³/mol. The number of benzene rings is 3. The van der Waals surface area contributed by atoms with Crippen LogP contribution in [0.3, 0.4) is 0 Å². The number of carbonyl (C=O) groups excluding carboxylic acids is 1. The molecule has 3 aromatic carbocycles. The number of nitrogens with zero attached hydrogens (tertiary/aromatic N) is 2. The Bertz CT molecular complexity index is 1200. The Morgan fingerprint density at radius 2 is 1.72 bits per heavy atom. The molecule has 0 fully saturated rings. The van der Waals surface area contributed by atoms with Gasteiger partial charge in [-0.15, -0.1) is 0 Å². The van der Waals surface area contributed by atoms with Crippen molar-refractivity contribution in [1.29, 1.82) is 0 Å². The molecule has 0 aliphatic heterocycles. The molecule has 0 bridgehead atoms. The minimum atomic E-state index is -0.0915. The maximum absolute atomic E-state index is 12.5. The van der Waals surface area contributed by atoms with Gasteiger partial charge in [0, 0.05) is 12.1 Å². The van der Waals surface area contributed by atoms with E-state index in [4.69, 9.17) is 9.72 Å². The van der Waals surface area contributed by atoms with Crippen molar-refractivity contribution in [2.24, 2.45) is 0 Å². The minimum absolute atomic E-state index is 0.0915. The number of aromatic nitrogens is 2. The van der Waals surface area contributed by atoms with Crippen LogP contribution >= 0.6 is 0 Å². The van der Waals surface area contributed by atoms with Gasteiger partial charge in [0.2, 0.25) is 0 Å². The van der Waals surface area contributed by atoms with Gasteiger partial charge in [0.15, 0.2) is 0 Å². The molecule has 0 spiro atoms. The maximum atomic E-state index is 12.5. The van der Waals surface area contributed by atoms with Gasteiger partial charge in [-0.2, -0.15) is 0 Å². The Kier molecular flexibility index (Phi) is 6.85. The average Bonchev–Trinajstić information content (AvgIpc) is 3.18. The fourth-order valence-electron chi connectivity index (χ4n) is 3.80. The van der Waals surface area contributed by atoms with Crippen molar-refractivity contribution in [1.82, 2.24) is 14.9 Å². The van der Waals surface area contributed by atoms with E-state index in [1.54, 1.807) is 0 Å². The number of para-hydroxylation sites is 2. The van der Waals surface area contributed by atoms with Gasteiger partial charge >= 0.3 is 0 Å². The van der Waals surface area contributed by atoms with Crippen LogP contribution in [0.5, 0.6) is 5.75 Å². The van der Waals surface area contributed by atoms with E-state index >= 15 is 0 Å². The molecular formula is C27H29N3O2. The van der Waals surface area contributed by atoms with E-state index in [1.807, 2.05) is 60.7 Å². The first-order chi connectivity index (χ1) is 15.6. The molecule has 164 valence electrons. The molecule has 0 aliphatic rings. The van der Waals surface area contributed by atoms with Gasteiger partial charge in [0.25, 0.3) is 5.91 Å². The van der Waals surface area contributed by atoms with Gasteiger partial charge in [0.05, 0.1) is 24.2 Å². The summed E-state index contributed by atoms with van der Waals surface area (Å²) in [5.41, 5.74) is 5.13. The quantitative estimate of drug-likeness (QED) is 0.362. The van der Waals surface area contributed by atoms with E-state index in [0.29, 0.717) is 18.7 Å². The SMILES string of the molecule is Cc1cccc(OCCCCn2c(CNC(=O)c3ccccc3)nc3ccccc32)c1C. The molecule has 1 N–H and O–H groups in total. The highest BCUT2D eigenvalue weighted by Crippen LogP contribution is 2.21. The van der Waals surface area contributed by atoms with Crippen LogP contribution in [-0.2, 0) is 13.1 Å². The standard InChI is InChI=1S/C27H29N3O2/c1-20-11-10-16-25(21(20)2)32-18-9-8-17-30-24-15-7-6-14-23(24)29-26(30)19-28-27(31)22-12-4-3-5-13-22/h3-7,10-16H,8-9,17-19H2,1-2H3,(H,28,31). The number of nitrogens with one attached hydrogen (secondary N) is 1. The van der Waals surface area contributed by atoms with Crippen LogP contribution in [0, 0.1) is 13.8 Å². The molecule has 0 aliphatic carbocycles. The summed E-state index contributed by atoms with van der Waals surface area (Å²) in [7, 11) is 0. The highest BCUT2D eigenvalue weighted by molar-refractivity contribution is 5.94. The molecule has 0 unspecified atom stereocenters. The molecule has 0 saturated carbocycles. The van der Waals surface area contributed by atoms with E-state index in [-0.39, 0.29) is 5.91 Å². The molecule has 4 aromatic rings. The Morgan fingerprint density at radius 1 is 0.938 bits per heavy atom. The first-order valence-electron chi connectivity index (χ1n) is 11.1. The van der Waals surface area contributed by atoms with Gasteiger partial charge in [0.1, 0.15) is 11.6 Å². The largest absolute Gasteiger partial charge is 0.493 e. The maximum Gasteiger partial charge on any atom is 0.251 e. The third kappa shape index (κ3) is 4.99. The molecule has 0 atom stereocenters. The number of rotatable bonds is 9. The Balaban J connectivity index is 1.38. The van der Waals surface area contributed by atoms with E-state index in [2.05, 4.69) is 35.9 Å². The van der Waals surface area contributed by atoms with Crippen LogP contribution in [0.25, 0.3) is 11.0 Å². The van der Waals surface area contributed by atoms with Gasteiger partial charge in [-0.1, -0.05) is 42.5 Å². The topological polar surface area (TPSA) is 56.1 Å². The number of unbranched alkanes of at least 4 members (excludes halogenated alkanes) is 1. The Morgan fingerprint density at radius 3 is 2.56 bits per heavy atom. The van der Waals surface area contributed by atoms with Crippen LogP contribution in [0.2, 0.25) is 0 Å². The normalized spacial score (nSPS) is 10.9. The molecule has 0 saturated heterocycles. The Labute approximate surface area is 189 Å². The summed E-state index contributed by atoms with van der Waals surface area (Å²) in [6.45, 7) is 6.09. The van der Waals surface area contributed by atoms with E-state index < -0.39 is 0 Å². The van der Waals surface area contributed by atoms with Gasteiger partial charge < -0.3 is 14.6 Å². The Hall–Kier alpha value is -3.60. The molecule has 0 radical (unpaired) electrons. The molecule has 1 aromatic heterocycles. The summed E-state index contributed by atoms with van der Waals surface area (Å²) >= 11 is 0. The highest BCUT2D eigenvalue weighted by Gasteiger charge is 2.12. The van der Waals surface area contributed by atoms with Crippen molar-refractivity contribution < 1.29 is 9.53 Å². The van der Waals surface area contributed by atoms with Crippen molar-refractivity contribution in [3.05, 3.63) is 95.3 Å². The van der Waals surface area contributed by atoms with Crippen LogP contribution < -0.4 is 10.1 Å². The monoisotopic (exact) mass is 427 g/mol. The lowest BCUT2D eigenvalue weighted by atomic mass is 10.1. The van der Waals surface area contributed by atoms with Crippen molar-refractivity contribution >= 4 is 16.9 Å². The number of amides is 1. The van der Waals surface area contributed by atoms with Gasteiger partial charge in [-0.05, 0) is 68.1 Å². The molecule has 1 amide bonds. The second-order valence-corrected chi connectivity index (χ2v) is 7.97. The number of hydrogen-bond donors (Lipinski definition) is 1. The van der Waals surface area contributed by atoms with Crippen LogP contribution in [0.4, 0.5) is 0 Å². The van der Waals surface area contributed by atoms with Crippen molar-refractivity contribution in [3.63, 3.8) is 0 Å². The van der Waals surface area contributed by atoms with E-state index in [1.165, 1.54) is 11.1 Å². The number of imidazole rings is 1. The van der Waals surface area contributed by atoms with Crippen LogP contribution in [0.1, 0.15) is 40.2 Å². The smallest absolute Gasteiger partial charge is 0.251 e. The van der Waals surface area contributed by atoms with Crippen molar-refractivity contribution in [3.8, 4) is 5.75 Å². The van der Waals surface area contributed by atoms with E-state index in [9.17, 15) is 4.79 Å². The summed E-state index contributed by atoms with van der Waals surface area (Å²) in [4.78, 5) is 17.2. The molecule has 5 heteroatoms. The molecule has 4 rings (SSSR count). The van der Waals surface area contributed by atoms with E-state index in [0.717, 1.165) is 42.0 Å². The molecular weight excluding hydrogens is 398 g/mol. The number of hydrogen-bond acceptors (Lipinski definition) is 3. The zero-order chi connectivity index (χ0) is 22.3. The third-order valence-corrected chi connectivity index (χ3v) is 5.77. The number of ether oxygens (including phenoxy) is 1. The van der Waals surface area contributed by atoms with Crippen LogP contribution in [0.15, 0.2) is 72.8 Å². The lowest BCUT2D eigenvalue weighted by molar-refractivity contribution is 0.0949. The summed E-state index contributed by atoms with van der Waals surface area (Å²) in [5, 5.41) is 3.00. The summed E-state index contributed by atoms with van der Waals surface area (Å²) < 4.78 is 8.21. The lowest BCUT2D eigenvalue weighted by Crippen LogP contribution is -2.24. The number of aryl methyl sites for hydroxylation is 2. The summed E-state index contributed by atoms with van der Waals surface area (Å²) in [6, 6.07) is 23.5. The first-order valence-corrected chi connectivity index (χ1v) is 11.1. The van der Waals surface area contributed by atoms with Crippen molar-refractivity contribution in [2.75, 3.05) is 6.61 Å².